The van der Waals surface area contributed by atoms with Crippen LogP contribution in [0.2, 0.25) is 10.0 Å². The zero-order valence-corrected chi connectivity index (χ0v) is 26.9. The van der Waals surface area contributed by atoms with Gasteiger partial charge in [-0.25, -0.2) is 18.2 Å². The van der Waals surface area contributed by atoms with Crippen molar-refractivity contribution >= 4 is 52.0 Å². The van der Waals surface area contributed by atoms with Crippen LogP contribution in [0.4, 0.5) is 30.4 Å². The van der Waals surface area contributed by atoms with Crippen molar-refractivity contribution < 1.29 is 23.1 Å². The molecular formula is C32H30Cl2F3N7O2. The van der Waals surface area contributed by atoms with Gasteiger partial charge in [0.05, 0.1) is 39.0 Å². The first-order chi connectivity index (χ1) is 21.7. The number of carbonyl (C=O) groups is 1. The molecule has 1 saturated heterocycles. The SMILES string of the molecule is C=CC(=O)N1CCN(C2=C(C#N)C(O)N(c3c(C)ccnc3C(C)C)c3nc(-c4c(N)c(Cl)c(F)c(F)c4F)c(Cl)cc32)C[C@H]1C. The maximum absolute atomic E-state index is 15.4. The number of aliphatic hydroxyl groups is 1. The first kappa shape index (κ1) is 33.1. The number of hydrogen-bond donors (Lipinski definition) is 2. The minimum Gasteiger partial charge on any atom is -0.397 e. The molecular weight excluding hydrogens is 642 g/mol. The Bertz CT molecular complexity index is 1830. The predicted octanol–water partition coefficient (Wildman–Crippen LogP) is 6.31. The Labute approximate surface area is 274 Å². The van der Waals surface area contributed by atoms with Gasteiger partial charge in [0.2, 0.25) is 5.91 Å². The Morgan fingerprint density at radius 3 is 2.54 bits per heavy atom. The molecule has 0 radical (unpaired) electrons. The van der Waals surface area contributed by atoms with E-state index < -0.39 is 40.0 Å². The third kappa shape index (κ3) is 5.22. The molecule has 1 fully saturated rings. The molecule has 2 aromatic heterocycles. The summed E-state index contributed by atoms with van der Waals surface area (Å²) in [4.78, 5) is 26.5. The second-order valence-corrected chi connectivity index (χ2v) is 12.2. The van der Waals surface area contributed by atoms with Gasteiger partial charge < -0.3 is 20.6 Å². The van der Waals surface area contributed by atoms with Crippen molar-refractivity contribution in [3.8, 4) is 17.3 Å². The quantitative estimate of drug-likeness (QED) is 0.140. The van der Waals surface area contributed by atoms with Crippen LogP contribution in [0, 0.1) is 35.7 Å². The molecule has 46 heavy (non-hydrogen) atoms. The van der Waals surface area contributed by atoms with E-state index in [9.17, 15) is 23.9 Å². The van der Waals surface area contributed by atoms with Crippen LogP contribution in [-0.2, 0) is 4.79 Å². The lowest BCUT2D eigenvalue weighted by atomic mass is 9.94. The Kier molecular flexibility index (Phi) is 8.96. The number of pyridine rings is 2. The molecule has 2 aliphatic rings. The minimum atomic E-state index is -1.86. The van der Waals surface area contributed by atoms with Crippen molar-refractivity contribution in [2.45, 2.75) is 45.9 Å². The van der Waals surface area contributed by atoms with Gasteiger partial charge in [-0.15, -0.1) is 0 Å². The maximum atomic E-state index is 15.4. The van der Waals surface area contributed by atoms with Crippen molar-refractivity contribution in [3.63, 3.8) is 0 Å². The fraction of sp³-hybridized carbons (Fsp3) is 0.312. The van der Waals surface area contributed by atoms with Crippen LogP contribution < -0.4 is 10.6 Å². The number of amides is 1. The Balaban J connectivity index is 1.83. The third-order valence-electron chi connectivity index (χ3n) is 8.20. The summed E-state index contributed by atoms with van der Waals surface area (Å²) in [5.74, 6) is -5.54. The van der Waals surface area contributed by atoms with Crippen LogP contribution in [0.5, 0.6) is 0 Å². The molecule has 1 amide bonds. The minimum absolute atomic E-state index is 0.0239. The zero-order valence-electron chi connectivity index (χ0n) is 25.4. The first-order valence-electron chi connectivity index (χ1n) is 14.3. The van der Waals surface area contributed by atoms with Gasteiger partial charge in [0, 0.05) is 37.4 Å². The van der Waals surface area contributed by atoms with E-state index in [2.05, 4.69) is 22.6 Å². The molecule has 14 heteroatoms. The molecule has 1 aromatic carbocycles. The second-order valence-electron chi connectivity index (χ2n) is 11.4. The number of anilines is 3. The summed E-state index contributed by atoms with van der Waals surface area (Å²) >= 11 is 12.6. The summed E-state index contributed by atoms with van der Waals surface area (Å²) in [7, 11) is 0. The maximum Gasteiger partial charge on any atom is 0.246 e. The number of nitriles is 1. The molecule has 3 aromatic rings. The molecule has 2 atom stereocenters. The summed E-state index contributed by atoms with van der Waals surface area (Å²) in [6.07, 6.45) is 1.23. The van der Waals surface area contributed by atoms with Gasteiger partial charge in [-0.1, -0.05) is 43.6 Å². The van der Waals surface area contributed by atoms with Crippen molar-refractivity contribution in [2.24, 2.45) is 0 Å². The number of aryl methyl sites for hydroxylation is 1. The molecule has 0 bridgehead atoms. The molecule has 0 spiro atoms. The molecule has 1 unspecified atom stereocenters. The van der Waals surface area contributed by atoms with Crippen molar-refractivity contribution in [2.75, 3.05) is 30.3 Å². The van der Waals surface area contributed by atoms with E-state index in [4.69, 9.17) is 28.9 Å². The zero-order chi connectivity index (χ0) is 33.8. The molecule has 240 valence electrons. The van der Waals surface area contributed by atoms with E-state index in [-0.39, 0.29) is 65.2 Å². The number of carbonyl (C=O) groups excluding carboxylic acids is 1. The van der Waals surface area contributed by atoms with Crippen molar-refractivity contribution in [1.29, 1.82) is 5.26 Å². The Hall–Kier alpha value is -4.31. The summed E-state index contributed by atoms with van der Waals surface area (Å²) in [6, 6.07) is 4.97. The number of halogens is 5. The fourth-order valence-electron chi connectivity index (χ4n) is 6.00. The molecule has 9 nitrogen and oxygen atoms in total. The number of piperazine rings is 1. The number of hydrogen-bond acceptors (Lipinski definition) is 8. The van der Waals surface area contributed by atoms with Crippen molar-refractivity contribution in [1.82, 2.24) is 19.8 Å². The monoisotopic (exact) mass is 671 g/mol. The number of rotatable bonds is 5. The highest BCUT2D eigenvalue weighted by atomic mass is 35.5. The van der Waals surface area contributed by atoms with Gasteiger partial charge in [-0.05, 0) is 43.5 Å². The summed E-state index contributed by atoms with van der Waals surface area (Å²) in [5, 5.41) is 21.4. The van der Waals surface area contributed by atoms with E-state index in [1.54, 1.807) is 24.1 Å². The Morgan fingerprint density at radius 2 is 1.93 bits per heavy atom. The smallest absolute Gasteiger partial charge is 0.246 e. The normalized spacial score (nSPS) is 18.2. The number of aliphatic hydroxyl groups excluding tert-OH is 1. The average Bonchev–Trinajstić information content (AvgIpc) is 3.02. The van der Waals surface area contributed by atoms with Crippen LogP contribution in [0.25, 0.3) is 17.0 Å². The van der Waals surface area contributed by atoms with Crippen LogP contribution in [0.1, 0.15) is 43.5 Å². The summed E-state index contributed by atoms with van der Waals surface area (Å²) in [5.41, 5.74) is 6.56. The third-order valence-corrected chi connectivity index (χ3v) is 8.86. The number of nitrogens with zero attached hydrogens (tertiary/aromatic N) is 6. The highest BCUT2D eigenvalue weighted by Crippen LogP contribution is 2.49. The lowest BCUT2D eigenvalue weighted by Crippen LogP contribution is -2.54. The molecule has 3 N–H and O–H groups in total. The van der Waals surface area contributed by atoms with Gasteiger partial charge in [0.25, 0.3) is 0 Å². The van der Waals surface area contributed by atoms with E-state index in [0.29, 0.717) is 22.6 Å². The second kappa shape index (κ2) is 12.5. The summed E-state index contributed by atoms with van der Waals surface area (Å²) < 4.78 is 44.3. The van der Waals surface area contributed by atoms with Crippen LogP contribution in [0.3, 0.4) is 0 Å². The number of fused-ring (bicyclic) bond motifs is 1. The first-order valence-corrected chi connectivity index (χ1v) is 15.1. The molecule has 4 heterocycles. The van der Waals surface area contributed by atoms with Gasteiger partial charge >= 0.3 is 0 Å². The lowest BCUT2D eigenvalue weighted by Gasteiger charge is -2.45. The molecule has 2 aliphatic heterocycles. The van der Waals surface area contributed by atoms with Crippen LogP contribution in [0.15, 0.2) is 36.6 Å². The average molecular weight is 673 g/mol. The van der Waals surface area contributed by atoms with Gasteiger partial charge in [0.1, 0.15) is 22.5 Å². The van der Waals surface area contributed by atoms with E-state index in [1.165, 1.54) is 17.0 Å². The molecule has 0 aliphatic carbocycles. The highest BCUT2D eigenvalue weighted by molar-refractivity contribution is 6.35. The number of nitrogens with two attached hydrogens (primary N) is 1. The Morgan fingerprint density at radius 1 is 1.24 bits per heavy atom. The largest absolute Gasteiger partial charge is 0.397 e. The fourth-order valence-corrected chi connectivity index (χ4v) is 6.42. The van der Waals surface area contributed by atoms with Gasteiger partial charge in [0.15, 0.2) is 23.7 Å². The van der Waals surface area contributed by atoms with Crippen LogP contribution >= 0.6 is 23.2 Å². The van der Waals surface area contributed by atoms with Gasteiger partial charge in [-0.2, -0.15) is 5.26 Å². The summed E-state index contributed by atoms with van der Waals surface area (Å²) in [6.45, 7) is 11.8. The predicted molar refractivity (Wildman–Crippen MR) is 171 cm³/mol. The number of benzene rings is 1. The number of nitrogen functional groups attached to an aromatic ring is 1. The highest BCUT2D eigenvalue weighted by Gasteiger charge is 2.41. The van der Waals surface area contributed by atoms with Crippen LogP contribution in [-0.4, -0.2) is 62.7 Å². The standard InChI is InChI=1S/C32H30Cl2F3N7O2/c1-6-20(45)43-10-9-42(13-16(43)5)30-17-11-19(33)28(21-23(35)25(37)24(36)22(34)26(21)39)41-31(17)44(32(46)18(30)12-38)29-15(4)7-8-40-27(29)14(2)3/h6-8,11,14,16,32,46H,1,9-10,13,39H2,2-5H3/t16-,32?/m1/s1. The number of aromatic nitrogens is 2. The van der Waals surface area contributed by atoms with Crippen molar-refractivity contribution in [3.05, 3.63) is 80.9 Å². The van der Waals surface area contributed by atoms with E-state index in [1.807, 2.05) is 25.7 Å². The van der Waals surface area contributed by atoms with E-state index >= 15 is 4.39 Å². The molecule has 0 saturated carbocycles. The lowest BCUT2D eigenvalue weighted by molar-refractivity contribution is -0.129. The van der Waals surface area contributed by atoms with Gasteiger partial charge in [-0.3, -0.25) is 14.7 Å². The topological polar surface area (TPSA) is 123 Å². The van der Waals surface area contributed by atoms with E-state index in [0.717, 1.165) is 0 Å². The molecule has 5 rings (SSSR count).